The molecule has 0 aliphatic heterocycles. The number of hydrogen-bond donors (Lipinski definition) is 0. The maximum atomic E-state index is 11.0. The molecule has 0 rings (SSSR count). The molecule has 0 aliphatic carbocycles. The molecule has 0 aromatic carbocycles. The highest BCUT2D eigenvalue weighted by molar-refractivity contribution is 5.80. The van der Waals surface area contributed by atoms with Gasteiger partial charge in [-0.15, -0.1) is 0 Å². The van der Waals surface area contributed by atoms with E-state index in [9.17, 15) is 9.59 Å². The lowest BCUT2D eigenvalue weighted by Crippen LogP contribution is -2.35. The van der Waals surface area contributed by atoms with Gasteiger partial charge in [0.15, 0.2) is 0 Å². The standard InChI is InChI=1S/C9H17NO3/c1-4-5-6-10(8(2)11)7-9(12)13-3/h4-7H2,1-3H3. The number of esters is 1. The Morgan fingerprint density at radius 2 is 2.00 bits per heavy atom. The quantitative estimate of drug-likeness (QED) is 0.598. The average molecular weight is 187 g/mol. The van der Waals surface area contributed by atoms with Crippen LogP contribution in [0.15, 0.2) is 0 Å². The Morgan fingerprint density at radius 1 is 1.38 bits per heavy atom. The molecule has 76 valence electrons. The van der Waals surface area contributed by atoms with E-state index < -0.39 is 0 Å². The first-order valence-corrected chi connectivity index (χ1v) is 4.44. The molecule has 0 aromatic heterocycles. The second-order valence-corrected chi connectivity index (χ2v) is 2.87. The number of nitrogens with zero attached hydrogens (tertiary/aromatic N) is 1. The molecule has 4 heteroatoms. The third kappa shape index (κ3) is 5.22. The average Bonchev–Trinajstić information content (AvgIpc) is 2.11. The Hall–Kier alpha value is -1.06. The van der Waals surface area contributed by atoms with Gasteiger partial charge in [0.2, 0.25) is 5.91 Å². The highest BCUT2D eigenvalue weighted by Crippen LogP contribution is 1.96. The van der Waals surface area contributed by atoms with Crippen LogP contribution >= 0.6 is 0 Å². The Morgan fingerprint density at radius 3 is 2.38 bits per heavy atom. The number of methoxy groups -OCH3 is 1. The molecule has 4 nitrogen and oxygen atoms in total. The molecule has 0 atom stereocenters. The lowest BCUT2D eigenvalue weighted by atomic mass is 10.3. The molecule has 0 saturated carbocycles. The molecule has 0 heterocycles. The van der Waals surface area contributed by atoms with E-state index in [1.807, 2.05) is 6.92 Å². The van der Waals surface area contributed by atoms with Gasteiger partial charge in [-0.05, 0) is 6.42 Å². The first-order chi connectivity index (χ1) is 6.11. The molecular weight excluding hydrogens is 170 g/mol. The summed E-state index contributed by atoms with van der Waals surface area (Å²) in [5.74, 6) is -0.454. The maximum Gasteiger partial charge on any atom is 0.325 e. The van der Waals surface area contributed by atoms with Crippen molar-refractivity contribution in [1.82, 2.24) is 4.90 Å². The summed E-state index contributed by atoms with van der Waals surface area (Å²) in [6.45, 7) is 4.18. The number of amides is 1. The molecule has 13 heavy (non-hydrogen) atoms. The minimum absolute atomic E-state index is 0.0613. The van der Waals surface area contributed by atoms with Crippen LogP contribution in [0.1, 0.15) is 26.7 Å². The highest BCUT2D eigenvalue weighted by atomic mass is 16.5. The van der Waals surface area contributed by atoms with Crippen molar-refractivity contribution in [1.29, 1.82) is 0 Å². The van der Waals surface area contributed by atoms with Gasteiger partial charge in [-0.1, -0.05) is 13.3 Å². The highest BCUT2D eigenvalue weighted by Gasteiger charge is 2.12. The molecule has 0 unspecified atom stereocenters. The van der Waals surface area contributed by atoms with Crippen molar-refractivity contribution in [3.8, 4) is 0 Å². The number of carbonyl (C=O) groups is 2. The summed E-state index contributed by atoms with van der Waals surface area (Å²) in [5, 5.41) is 0. The Kier molecular flexibility index (Phi) is 5.93. The summed E-state index contributed by atoms with van der Waals surface area (Å²) in [4.78, 5) is 23.4. The van der Waals surface area contributed by atoms with Crippen LogP contribution in [0.5, 0.6) is 0 Å². The minimum Gasteiger partial charge on any atom is -0.468 e. The second-order valence-electron chi connectivity index (χ2n) is 2.87. The smallest absolute Gasteiger partial charge is 0.325 e. The molecule has 1 amide bonds. The van der Waals surface area contributed by atoms with Gasteiger partial charge in [-0.3, -0.25) is 9.59 Å². The monoisotopic (exact) mass is 187 g/mol. The summed E-state index contributed by atoms with van der Waals surface area (Å²) in [5.41, 5.74) is 0. The molecule has 0 radical (unpaired) electrons. The molecular formula is C9H17NO3. The Labute approximate surface area is 78.9 Å². The fraction of sp³-hybridized carbons (Fsp3) is 0.778. The molecule has 0 aromatic rings. The van der Waals surface area contributed by atoms with Gasteiger partial charge >= 0.3 is 5.97 Å². The van der Waals surface area contributed by atoms with Crippen molar-refractivity contribution in [2.45, 2.75) is 26.7 Å². The largest absolute Gasteiger partial charge is 0.468 e. The van der Waals surface area contributed by atoms with Crippen molar-refractivity contribution in [3.05, 3.63) is 0 Å². The van der Waals surface area contributed by atoms with Gasteiger partial charge < -0.3 is 9.64 Å². The molecule has 0 N–H and O–H groups in total. The van der Waals surface area contributed by atoms with Gasteiger partial charge in [-0.25, -0.2) is 0 Å². The summed E-state index contributed by atoms with van der Waals surface area (Å²) >= 11 is 0. The van der Waals surface area contributed by atoms with Crippen molar-refractivity contribution < 1.29 is 14.3 Å². The van der Waals surface area contributed by atoms with E-state index in [0.717, 1.165) is 12.8 Å². The maximum absolute atomic E-state index is 11.0. The molecule has 0 bridgehead atoms. The van der Waals surface area contributed by atoms with Gasteiger partial charge in [0.05, 0.1) is 7.11 Å². The van der Waals surface area contributed by atoms with Crippen LogP contribution in [-0.4, -0.2) is 37.0 Å². The summed E-state index contributed by atoms with van der Waals surface area (Å²) < 4.78 is 4.48. The zero-order valence-corrected chi connectivity index (χ0v) is 8.50. The summed E-state index contributed by atoms with van der Waals surface area (Å²) in [6.07, 6.45) is 1.92. The fourth-order valence-corrected chi connectivity index (χ4v) is 0.917. The first kappa shape index (κ1) is 11.9. The Bertz CT molecular complexity index is 180. The number of rotatable bonds is 5. The van der Waals surface area contributed by atoms with E-state index in [2.05, 4.69) is 4.74 Å². The fourth-order valence-electron chi connectivity index (χ4n) is 0.917. The van der Waals surface area contributed by atoms with E-state index in [1.54, 1.807) is 0 Å². The van der Waals surface area contributed by atoms with Crippen LogP contribution in [0.4, 0.5) is 0 Å². The van der Waals surface area contributed by atoms with E-state index in [-0.39, 0.29) is 18.4 Å². The van der Waals surface area contributed by atoms with E-state index in [4.69, 9.17) is 0 Å². The van der Waals surface area contributed by atoms with Gasteiger partial charge in [0.1, 0.15) is 6.54 Å². The predicted molar refractivity (Wildman–Crippen MR) is 49.2 cm³/mol. The third-order valence-electron chi connectivity index (χ3n) is 1.77. The Balaban J connectivity index is 3.94. The van der Waals surface area contributed by atoms with Crippen LogP contribution in [0.3, 0.4) is 0 Å². The zero-order chi connectivity index (χ0) is 10.3. The van der Waals surface area contributed by atoms with Gasteiger partial charge in [0, 0.05) is 13.5 Å². The zero-order valence-electron chi connectivity index (χ0n) is 8.50. The third-order valence-corrected chi connectivity index (χ3v) is 1.77. The number of unbranched alkanes of at least 4 members (excludes halogenated alkanes) is 1. The van der Waals surface area contributed by atoms with Gasteiger partial charge in [-0.2, -0.15) is 0 Å². The first-order valence-electron chi connectivity index (χ1n) is 4.44. The second kappa shape index (κ2) is 6.46. The molecule has 0 spiro atoms. The minimum atomic E-state index is -0.369. The van der Waals surface area contributed by atoms with Crippen LogP contribution in [0.2, 0.25) is 0 Å². The number of hydrogen-bond acceptors (Lipinski definition) is 3. The topological polar surface area (TPSA) is 46.6 Å². The van der Waals surface area contributed by atoms with Crippen LogP contribution in [0, 0.1) is 0 Å². The summed E-state index contributed by atoms with van der Waals surface area (Å²) in [6, 6.07) is 0. The molecule has 0 fully saturated rings. The van der Waals surface area contributed by atoms with Gasteiger partial charge in [0.25, 0.3) is 0 Å². The predicted octanol–water partition coefficient (Wildman–Crippen LogP) is 0.808. The lowest BCUT2D eigenvalue weighted by molar-refractivity contribution is -0.146. The summed E-state index contributed by atoms with van der Waals surface area (Å²) in [7, 11) is 1.32. The van der Waals surface area contributed by atoms with E-state index in [1.165, 1.54) is 18.9 Å². The number of ether oxygens (including phenoxy) is 1. The lowest BCUT2D eigenvalue weighted by Gasteiger charge is -2.18. The van der Waals surface area contributed by atoms with E-state index >= 15 is 0 Å². The molecule has 0 aliphatic rings. The van der Waals surface area contributed by atoms with Crippen molar-refractivity contribution in [3.63, 3.8) is 0 Å². The number of carbonyl (C=O) groups excluding carboxylic acids is 2. The van der Waals surface area contributed by atoms with Crippen LogP contribution < -0.4 is 0 Å². The normalized spacial score (nSPS) is 9.46. The molecule has 0 saturated heterocycles. The van der Waals surface area contributed by atoms with Crippen LogP contribution in [-0.2, 0) is 14.3 Å². The van der Waals surface area contributed by atoms with Crippen molar-refractivity contribution in [2.24, 2.45) is 0 Å². The van der Waals surface area contributed by atoms with E-state index in [0.29, 0.717) is 6.54 Å². The SMILES string of the molecule is CCCCN(CC(=O)OC)C(C)=O. The van der Waals surface area contributed by atoms with Crippen molar-refractivity contribution >= 4 is 11.9 Å². The van der Waals surface area contributed by atoms with Crippen LogP contribution in [0.25, 0.3) is 0 Å². The van der Waals surface area contributed by atoms with Crippen molar-refractivity contribution in [2.75, 3.05) is 20.2 Å².